The molecule has 0 aliphatic carbocycles. The SMILES string of the molecule is c1ccc(-n2c3ccccc3c3cc(C4=c5c(sc6ccccc56)=NC(n5c6ccccc6c6c7ccccc7c7sc8ccccc8c7c65)N4)ccc32)cc1. The number of para-hydroxylation sites is 3. The molecule has 8 aromatic carbocycles. The van der Waals surface area contributed by atoms with E-state index in [1.54, 1.807) is 11.3 Å². The summed E-state index contributed by atoms with van der Waals surface area (Å²) in [6, 6.07) is 61.9. The van der Waals surface area contributed by atoms with Gasteiger partial charge in [0, 0.05) is 68.1 Å². The van der Waals surface area contributed by atoms with E-state index in [0.717, 1.165) is 21.6 Å². The van der Waals surface area contributed by atoms with Crippen molar-refractivity contribution in [2.45, 2.75) is 6.29 Å². The molecule has 0 spiro atoms. The molecule has 0 bridgehead atoms. The molecule has 4 nitrogen and oxygen atoms in total. The third-order valence-electron chi connectivity index (χ3n) is 11.7. The Morgan fingerprint density at radius 2 is 1.11 bits per heavy atom. The van der Waals surface area contributed by atoms with E-state index in [4.69, 9.17) is 4.99 Å². The van der Waals surface area contributed by atoms with Crippen molar-refractivity contribution >= 4 is 113 Å². The van der Waals surface area contributed by atoms with E-state index in [9.17, 15) is 0 Å². The number of hydrogen-bond donors (Lipinski definition) is 1. The van der Waals surface area contributed by atoms with Crippen molar-refractivity contribution < 1.29 is 0 Å². The average Bonchev–Trinajstić information content (AvgIpc) is 4.01. The van der Waals surface area contributed by atoms with Crippen molar-refractivity contribution in [1.29, 1.82) is 0 Å². The van der Waals surface area contributed by atoms with Crippen molar-refractivity contribution in [2.75, 3.05) is 0 Å². The molecule has 1 unspecified atom stereocenters. The molecule has 1 aliphatic heterocycles. The van der Waals surface area contributed by atoms with E-state index in [2.05, 4.69) is 184 Å². The van der Waals surface area contributed by atoms with Gasteiger partial charge in [0.25, 0.3) is 0 Å². The Morgan fingerprint density at radius 3 is 1.93 bits per heavy atom. The van der Waals surface area contributed by atoms with Crippen LogP contribution in [0.3, 0.4) is 0 Å². The van der Waals surface area contributed by atoms with E-state index in [-0.39, 0.29) is 0 Å². The molecular formula is C50H30N4S2. The Hall–Kier alpha value is -6.73. The molecule has 0 saturated heterocycles. The van der Waals surface area contributed by atoms with Gasteiger partial charge in [-0.2, -0.15) is 0 Å². The van der Waals surface area contributed by atoms with Crippen LogP contribution < -0.4 is 15.2 Å². The molecule has 5 heterocycles. The molecule has 0 fully saturated rings. The fourth-order valence-corrected chi connectivity index (χ4v) is 11.8. The predicted octanol–water partition coefficient (Wildman–Crippen LogP) is 12.2. The van der Waals surface area contributed by atoms with Gasteiger partial charge in [-0.05, 0) is 59.5 Å². The van der Waals surface area contributed by atoms with Crippen molar-refractivity contribution in [1.82, 2.24) is 14.5 Å². The molecule has 12 aromatic rings. The lowest BCUT2D eigenvalue weighted by molar-refractivity contribution is 0.494. The molecule has 4 aromatic heterocycles. The van der Waals surface area contributed by atoms with Crippen molar-refractivity contribution in [2.24, 2.45) is 4.99 Å². The number of nitrogens with one attached hydrogen (secondary N) is 1. The van der Waals surface area contributed by atoms with Gasteiger partial charge in [0.2, 0.25) is 6.29 Å². The Morgan fingerprint density at radius 1 is 0.482 bits per heavy atom. The number of fused-ring (bicyclic) bond motifs is 16. The van der Waals surface area contributed by atoms with E-state index in [1.807, 2.05) is 11.3 Å². The Labute approximate surface area is 328 Å². The lowest BCUT2D eigenvalue weighted by Crippen LogP contribution is -2.39. The van der Waals surface area contributed by atoms with Gasteiger partial charge in [-0.25, -0.2) is 4.99 Å². The molecule has 262 valence electrons. The number of hydrogen-bond acceptors (Lipinski definition) is 4. The maximum atomic E-state index is 5.66. The smallest absolute Gasteiger partial charge is 0.202 e. The minimum absolute atomic E-state index is 0.391. The highest BCUT2D eigenvalue weighted by Gasteiger charge is 2.28. The third-order valence-corrected chi connectivity index (χ3v) is 14.0. The normalized spacial score (nSPS) is 14.5. The number of rotatable bonds is 3. The molecular weight excluding hydrogens is 721 g/mol. The zero-order valence-corrected chi connectivity index (χ0v) is 31.5. The second kappa shape index (κ2) is 11.4. The highest BCUT2D eigenvalue weighted by atomic mass is 32.1. The van der Waals surface area contributed by atoms with E-state index < -0.39 is 6.29 Å². The van der Waals surface area contributed by atoms with Gasteiger partial charge in [-0.1, -0.05) is 121 Å². The fraction of sp³-hybridized carbons (Fsp3) is 0.0200. The molecule has 13 rings (SSSR count). The van der Waals surface area contributed by atoms with Gasteiger partial charge < -0.3 is 14.5 Å². The van der Waals surface area contributed by atoms with Crippen molar-refractivity contribution in [3.8, 4) is 5.69 Å². The summed E-state index contributed by atoms with van der Waals surface area (Å²) in [5.41, 5.74) is 8.20. The van der Waals surface area contributed by atoms with Crippen LogP contribution in [0.1, 0.15) is 11.9 Å². The minimum Gasteiger partial charge on any atom is -0.345 e. The van der Waals surface area contributed by atoms with Gasteiger partial charge in [0.05, 0.1) is 27.8 Å². The van der Waals surface area contributed by atoms with Crippen LogP contribution >= 0.6 is 22.7 Å². The fourth-order valence-electron chi connectivity index (χ4n) is 9.45. The van der Waals surface area contributed by atoms with E-state index >= 15 is 0 Å². The van der Waals surface area contributed by atoms with Crippen molar-refractivity contribution in [3.63, 3.8) is 0 Å². The van der Waals surface area contributed by atoms with Crippen molar-refractivity contribution in [3.05, 3.63) is 185 Å². The standard InChI is InChI=1S/C50H30N4S2/c1-2-14-30(15-3-1)53-38-22-10-6-16-31(38)37-28-29(26-27-40(37)53)46-44-35-20-8-13-25-42(35)56-49(44)52-50(51-46)54-39-23-11-7-19-34(39)43-32-17-4-5-18-33(32)48-45(47(43)54)36-21-9-12-24-41(36)55-48/h1-28,50-51H. The quantitative estimate of drug-likeness (QED) is 0.192. The van der Waals surface area contributed by atoms with Crippen LogP contribution in [-0.2, 0) is 0 Å². The van der Waals surface area contributed by atoms with E-state index in [1.165, 1.54) is 89.9 Å². The first-order chi connectivity index (χ1) is 27.8. The maximum Gasteiger partial charge on any atom is 0.202 e. The molecule has 56 heavy (non-hydrogen) atoms. The van der Waals surface area contributed by atoms with Crippen LogP contribution in [0.2, 0.25) is 0 Å². The highest BCUT2D eigenvalue weighted by Crippen LogP contribution is 2.48. The second-order valence-corrected chi connectivity index (χ2v) is 16.8. The number of thiophene rings is 2. The van der Waals surface area contributed by atoms with Crippen LogP contribution in [0.15, 0.2) is 175 Å². The molecule has 6 heteroatoms. The predicted molar refractivity (Wildman–Crippen MR) is 238 cm³/mol. The zero-order valence-electron chi connectivity index (χ0n) is 29.9. The summed E-state index contributed by atoms with van der Waals surface area (Å²) >= 11 is 3.68. The molecule has 1 N–H and O–H groups in total. The van der Waals surface area contributed by atoms with Gasteiger partial charge in [-0.15, -0.1) is 22.7 Å². The summed E-state index contributed by atoms with van der Waals surface area (Å²) < 4.78 is 9.78. The van der Waals surface area contributed by atoms with Gasteiger partial charge in [0.15, 0.2) is 0 Å². The molecule has 0 amide bonds. The molecule has 0 saturated carbocycles. The zero-order chi connectivity index (χ0) is 36.5. The van der Waals surface area contributed by atoms with Crippen LogP contribution in [0.5, 0.6) is 0 Å². The number of aromatic nitrogens is 2. The van der Waals surface area contributed by atoms with Crippen LogP contribution in [0.25, 0.3) is 96.0 Å². The Kier molecular flexibility index (Phi) is 6.23. The van der Waals surface area contributed by atoms with E-state index in [0.29, 0.717) is 0 Å². The lowest BCUT2D eigenvalue weighted by Gasteiger charge is -2.25. The number of benzene rings is 8. The number of nitrogens with zero attached hydrogens (tertiary/aromatic N) is 3. The third kappa shape index (κ3) is 4.09. The highest BCUT2D eigenvalue weighted by molar-refractivity contribution is 7.27. The van der Waals surface area contributed by atoms with Crippen LogP contribution in [0.4, 0.5) is 0 Å². The van der Waals surface area contributed by atoms with Gasteiger partial charge in [0.1, 0.15) is 4.67 Å². The summed E-state index contributed by atoms with van der Waals surface area (Å²) in [6.45, 7) is 0. The Bertz CT molecular complexity index is 3750. The van der Waals surface area contributed by atoms with Crippen LogP contribution in [-0.4, -0.2) is 9.13 Å². The summed E-state index contributed by atoms with van der Waals surface area (Å²) in [7, 11) is 0. The van der Waals surface area contributed by atoms with Crippen LogP contribution in [0, 0.1) is 0 Å². The lowest BCUT2D eigenvalue weighted by atomic mass is 10.00. The average molecular weight is 751 g/mol. The summed E-state index contributed by atoms with van der Waals surface area (Å²) in [4.78, 5) is 5.66. The Balaban J connectivity index is 1.13. The maximum absolute atomic E-state index is 5.66. The summed E-state index contributed by atoms with van der Waals surface area (Å²) in [6.07, 6.45) is -0.391. The first kappa shape index (κ1) is 30.6. The largest absolute Gasteiger partial charge is 0.345 e. The molecule has 0 radical (unpaired) electrons. The first-order valence-electron chi connectivity index (χ1n) is 19.0. The molecule has 1 atom stereocenters. The topological polar surface area (TPSA) is 34.2 Å². The summed E-state index contributed by atoms with van der Waals surface area (Å²) in [5, 5.41) is 16.7. The first-order valence-corrected chi connectivity index (χ1v) is 20.6. The molecule has 1 aliphatic rings. The second-order valence-electron chi connectivity index (χ2n) is 14.7. The van der Waals surface area contributed by atoms with Gasteiger partial charge in [-0.3, -0.25) is 0 Å². The van der Waals surface area contributed by atoms with Gasteiger partial charge >= 0.3 is 0 Å². The summed E-state index contributed by atoms with van der Waals surface area (Å²) in [5.74, 6) is 0. The monoisotopic (exact) mass is 750 g/mol. The minimum atomic E-state index is -0.391.